The number of fused-ring (bicyclic) bond motifs is 6. The average Bonchev–Trinajstić information content (AvgIpc) is 2.63. The van der Waals surface area contributed by atoms with Crippen molar-refractivity contribution in [3.8, 4) is 0 Å². The van der Waals surface area contributed by atoms with Gasteiger partial charge >= 0.3 is 0 Å². The molecule has 0 amide bonds. The van der Waals surface area contributed by atoms with E-state index in [4.69, 9.17) is 0 Å². The van der Waals surface area contributed by atoms with Crippen LogP contribution in [-0.2, 0) is 6.54 Å². The molecule has 3 aliphatic heterocycles. The molecule has 5 rings (SSSR count). The Balaban J connectivity index is 1.42. The van der Waals surface area contributed by atoms with E-state index in [2.05, 4.69) is 46.2 Å². The number of hydrogen-bond donors (Lipinski definition) is 0. The van der Waals surface area contributed by atoms with Crippen LogP contribution in [0, 0.1) is 11.8 Å². The Morgan fingerprint density at radius 1 is 1.00 bits per heavy atom. The summed E-state index contributed by atoms with van der Waals surface area (Å²) in [6.45, 7) is 5.12. The van der Waals surface area contributed by atoms with Gasteiger partial charge in [0.15, 0.2) is 0 Å². The molecule has 0 radical (unpaired) electrons. The fourth-order valence-corrected chi connectivity index (χ4v) is 6.08. The van der Waals surface area contributed by atoms with Crippen LogP contribution < -0.4 is 0 Å². The topological polar surface area (TPSA) is 6.48 Å². The Morgan fingerprint density at radius 2 is 1.92 bits per heavy atom. The molecule has 128 valence electrons. The van der Waals surface area contributed by atoms with Gasteiger partial charge in [0.2, 0.25) is 0 Å². The number of likely N-dealkylation sites (tertiary alicyclic amines) is 1. The first kappa shape index (κ1) is 15.2. The molecule has 0 unspecified atom stereocenters. The molecule has 1 aliphatic carbocycles. The smallest absolute Gasteiger partial charge is 0.0351 e. The zero-order valence-electron chi connectivity index (χ0n) is 14.7. The second-order valence-electron chi connectivity index (χ2n) is 8.46. The lowest BCUT2D eigenvalue weighted by Gasteiger charge is -2.54. The second kappa shape index (κ2) is 6.31. The predicted molar refractivity (Wildman–Crippen MR) is 98.8 cm³/mol. The summed E-state index contributed by atoms with van der Waals surface area (Å²) in [6, 6.07) is 12.7. The summed E-state index contributed by atoms with van der Waals surface area (Å²) >= 11 is 0. The molecule has 1 aromatic rings. The Labute approximate surface area is 146 Å². The molecule has 0 saturated carbocycles. The lowest BCUT2D eigenvalue weighted by molar-refractivity contribution is -0.00264. The number of benzene rings is 1. The van der Waals surface area contributed by atoms with Crippen LogP contribution in [0.1, 0.15) is 44.1 Å². The maximum Gasteiger partial charge on any atom is 0.0351 e. The first-order valence-corrected chi connectivity index (χ1v) is 10.1. The molecule has 2 heteroatoms. The third-order valence-corrected chi connectivity index (χ3v) is 6.99. The van der Waals surface area contributed by atoms with Crippen molar-refractivity contribution in [3.63, 3.8) is 0 Å². The Hall–Kier alpha value is -1.12. The van der Waals surface area contributed by atoms with Crippen LogP contribution >= 0.6 is 0 Å². The fraction of sp³-hybridized carbons (Fsp3) is 0.636. The highest BCUT2D eigenvalue weighted by Crippen LogP contribution is 2.45. The molecular formula is C22H30N2. The normalized spacial score (nSPS) is 36.6. The molecule has 4 aliphatic rings. The fourth-order valence-electron chi connectivity index (χ4n) is 6.08. The Kier molecular flexibility index (Phi) is 3.99. The minimum atomic E-state index is 0.720. The lowest BCUT2D eigenvalue weighted by atomic mass is 9.68. The Morgan fingerprint density at radius 3 is 2.83 bits per heavy atom. The highest BCUT2D eigenvalue weighted by atomic mass is 15.2. The summed E-state index contributed by atoms with van der Waals surface area (Å²) in [5.41, 5.74) is 3.27. The van der Waals surface area contributed by atoms with Crippen molar-refractivity contribution in [2.75, 3.05) is 19.6 Å². The van der Waals surface area contributed by atoms with E-state index in [-0.39, 0.29) is 0 Å². The van der Waals surface area contributed by atoms with Gasteiger partial charge in [-0.2, -0.15) is 0 Å². The first-order chi connectivity index (χ1) is 11.9. The average molecular weight is 322 g/mol. The molecule has 3 saturated heterocycles. The van der Waals surface area contributed by atoms with E-state index in [0.29, 0.717) is 0 Å². The van der Waals surface area contributed by atoms with E-state index < -0.39 is 0 Å². The van der Waals surface area contributed by atoms with Gasteiger partial charge in [0.05, 0.1) is 0 Å². The van der Waals surface area contributed by atoms with E-state index in [1.165, 1.54) is 63.7 Å². The standard InChI is InChI=1S/C22H30N2/c1-2-7-17(8-3-1)15-24-12-6-9-18-13-19-14-20(22(18)24)16-23-11-5-4-10-21(19)23/h1-3,7-8,13,19-22H,4-6,9-12,14-16H2/t19-,20-,21-,22-/m0/s1. The van der Waals surface area contributed by atoms with Crippen LogP contribution in [0.3, 0.4) is 0 Å². The zero-order chi connectivity index (χ0) is 15.9. The molecular weight excluding hydrogens is 292 g/mol. The molecule has 1 aromatic carbocycles. The van der Waals surface area contributed by atoms with E-state index in [1.54, 1.807) is 5.57 Å². The summed E-state index contributed by atoms with van der Waals surface area (Å²) in [5, 5.41) is 0. The summed E-state index contributed by atoms with van der Waals surface area (Å²) in [7, 11) is 0. The molecule has 2 nitrogen and oxygen atoms in total. The molecule has 2 bridgehead atoms. The van der Waals surface area contributed by atoms with Gasteiger partial charge in [-0.1, -0.05) is 48.4 Å². The van der Waals surface area contributed by atoms with Crippen molar-refractivity contribution in [1.29, 1.82) is 0 Å². The van der Waals surface area contributed by atoms with Crippen LogP contribution in [0.25, 0.3) is 0 Å². The van der Waals surface area contributed by atoms with Crippen LogP contribution in [0.5, 0.6) is 0 Å². The second-order valence-corrected chi connectivity index (χ2v) is 8.46. The van der Waals surface area contributed by atoms with Crippen molar-refractivity contribution >= 4 is 0 Å². The summed E-state index contributed by atoms with van der Waals surface area (Å²) < 4.78 is 0. The third kappa shape index (κ3) is 2.64. The van der Waals surface area contributed by atoms with E-state index in [0.717, 1.165) is 30.5 Å². The summed E-state index contributed by atoms with van der Waals surface area (Å²) in [5.74, 6) is 1.72. The third-order valence-electron chi connectivity index (χ3n) is 6.99. The molecule has 0 spiro atoms. The minimum Gasteiger partial charge on any atom is -0.299 e. The van der Waals surface area contributed by atoms with Gasteiger partial charge in [0.1, 0.15) is 0 Å². The van der Waals surface area contributed by atoms with Gasteiger partial charge in [0.25, 0.3) is 0 Å². The SMILES string of the molecule is C1=C2CCCN(Cc3ccccc3)[C@@H]2[C@H]2C[C@H]1[C@@H]1CCCCN1C2. The molecule has 3 heterocycles. The van der Waals surface area contributed by atoms with Gasteiger partial charge in [0, 0.05) is 25.2 Å². The molecule has 0 aromatic heterocycles. The minimum absolute atomic E-state index is 0.720. The maximum atomic E-state index is 2.85. The van der Waals surface area contributed by atoms with Crippen LogP contribution in [-0.4, -0.2) is 41.5 Å². The van der Waals surface area contributed by atoms with E-state index in [9.17, 15) is 0 Å². The number of piperidine rings is 3. The highest BCUT2D eigenvalue weighted by molar-refractivity contribution is 5.25. The molecule has 3 fully saturated rings. The van der Waals surface area contributed by atoms with Gasteiger partial charge in [-0.05, 0) is 62.6 Å². The van der Waals surface area contributed by atoms with E-state index in [1.807, 2.05) is 0 Å². The maximum absolute atomic E-state index is 2.85. The van der Waals surface area contributed by atoms with Crippen molar-refractivity contribution in [2.45, 2.75) is 57.2 Å². The van der Waals surface area contributed by atoms with Gasteiger partial charge in [-0.25, -0.2) is 0 Å². The molecule has 0 N–H and O–H groups in total. The quantitative estimate of drug-likeness (QED) is 0.757. The largest absolute Gasteiger partial charge is 0.299 e. The number of rotatable bonds is 2. The van der Waals surface area contributed by atoms with Crippen LogP contribution in [0.2, 0.25) is 0 Å². The first-order valence-electron chi connectivity index (χ1n) is 10.1. The highest BCUT2D eigenvalue weighted by Gasteiger charge is 2.45. The number of nitrogens with zero attached hydrogens (tertiary/aromatic N) is 2. The van der Waals surface area contributed by atoms with Crippen LogP contribution in [0.15, 0.2) is 42.0 Å². The number of hydrogen-bond acceptors (Lipinski definition) is 2. The lowest BCUT2D eigenvalue weighted by Crippen LogP contribution is -2.58. The van der Waals surface area contributed by atoms with Gasteiger partial charge < -0.3 is 0 Å². The van der Waals surface area contributed by atoms with Crippen LogP contribution in [0.4, 0.5) is 0 Å². The van der Waals surface area contributed by atoms with Crippen molar-refractivity contribution in [2.24, 2.45) is 11.8 Å². The van der Waals surface area contributed by atoms with E-state index >= 15 is 0 Å². The molecule has 24 heavy (non-hydrogen) atoms. The van der Waals surface area contributed by atoms with Crippen molar-refractivity contribution in [1.82, 2.24) is 9.80 Å². The van der Waals surface area contributed by atoms with Gasteiger partial charge in [-0.3, -0.25) is 9.80 Å². The summed E-state index contributed by atoms with van der Waals surface area (Å²) in [4.78, 5) is 5.65. The molecule has 4 atom stereocenters. The summed E-state index contributed by atoms with van der Waals surface area (Å²) in [6.07, 6.45) is 11.2. The van der Waals surface area contributed by atoms with Crippen molar-refractivity contribution < 1.29 is 0 Å². The van der Waals surface area contributed by atoms with Gasteiger partial charge in [-0.15, -0.1) is 0 Å². The monoisotopic (exact) mass is 322 g/mol. The zero-order valence-corrected chi connectivity index (χ0v) is 14.7. The van der Waals surface area contributed by atoms with Crippen molar-refractivity contribution in [3.05, 3.63) is 47.5 Å². The Bertz CT molecular complexity index is 608. The predicted octanol–water partition coefficient (Wildman–Crippen LogP) is 4.08.